The first-order chi connectivity index (χ1) is 10.2. The van der Waals surface area contributed by atoms with Gasteiger partial charge in [0.1, 0.15) is 5.75 Å². The third-order valence-corrected chi connectivity index (χ3v) is 3.32. The van der Waals surface area contributed by atoms with E-state index in [2.05, 4.69) is 11.2 Å². The number of hydrogen-bond acceptors (Lipinski definition) is 3. The maximum Gasteiger partial charge on any atom is 0.227 e. The number of nitrogens with one attached hydrogen (secondary N) is 1. The molecule has 1 aromatic carbocycles. The van der Waals surface area contributed by atoms with Crippen molar-refractivity contribution >= 4 is 17.5 Å². The molecular formula is C16H18N2O3. The molecule has 0 bridgehead atoms. The highest BCUT2D eigenvalue weighted by atomic mass is 16.5. The van der Waals surface area contributed by atoms with Crippen molar-refractivity contribution in [1.82, 2.24) is 5.32 Å². The predicted octanol–water partition coefficient (Wildman–Crippen LogP) is 1.19. The van der Waals surface area contributed by atoms with Gasteiger partial charge in [-0.1, -0.05) is 5.92 Å². The van der Waals surface area contributed by atoms with Gasteiger partial charge in [-0.2, -0.15) is 0 Å². The molecule has 1 heterocycles. The van der Waals surface area contributed by atoms with E-state index in [1.807, 2.05) is 31.2 Å². The minimum atomic E-state index is -0.350. The molecule has 5 nitrogen and oxygen atoms in total. The Morgan fingerprint density at radius 2 is 2.19 bits per heavy atom. The lowest BCUT2D eigenvalue weighted by Crippen LogP contribution is -2.33. The summed E-state index contributed by atoms with van der Waals surface area (Å²) >= 11 is 0. The highest BCUT2D eigenvalue weighted by Gasteiger charge is 2.34. The number of terminal acetylenes is 1. The second-order valence-corrected chi connectivity index (χ2v) is 4.75. The summed E-state index contributed by atoms with van der Waals surface area (Å²) in [5.74, 6) is 2.53. The number of anilines is 1. The second kappa shape index (κ2) is 6.80. The summed E-state index contributed by atoms with van der Waals surface area (Å²) in [5, 5.41) is 2.62. The van der Waals surface area contributed by atoms with Crippen LogP contribution in [0, 0.1) is 18.3 Å². The molecule has 0 radical (unpaired) electrons. The van der Waals surface area contributed by atoms with E-state index in [1.54, 1.807) is 4.90 Å². The van der Waals surface area contributed by atoms with Crippen molar-refractivity contribution in [1.29, 1.82) is 0 Å². The van der Waals surface area contributed by atoms with Crippen molar-refractivity contribution in [2.24, 2.45) is 5.92 Å². The monoisotopic (exact) mass is 286 g/mol. The first-order valence-corrected chi connectivity index (χ1v) is 6.90. The molecule has 2 amide bonds. The number of rotatable bonds is 5. The summed E-state index contributed by atoms with van der Waals surface area (Å²) in [6.45, 7) is 3.08. The first kappa shape index (κ1) is 14.9. The van der Waals surface area contributed by atoms with Gasteiger partial charge in [0.05, 0.1) is 19.1 Å². The molecule has 21 heavy (non-hydrogen) atoms. The van der Waals surface area contributed by atoms with Gasteiger partial charge in [0.25, 0.3) is 0 Å². The van der Waals surface area contributed by atoms with Gasteiger partial charge in [-0.05, 0) is 31.2 Å². The van der Waals surface area contributed by atoms with Crippen LogP contribution in [-0.4, -0.2) is 31.5 Å². The van der Waals surface area contributed by atoms with Crippen LogP contribution in [0.25, 0.3) is 0 Å². The quantitative estimate of drug-likeness (QED) is 0.827. The molecule has 1 saturated heterocycles. The van der Waals surface area contributed by atoms with Crippen LogP contribution in [-0.2, 0) is 9.59 Å². The number of amides is 2. The molecule has 1 aromatic rings. The zero-order valence-electron chi connectivity index (χ0n) is 12.0. The fraction of sp³-hybridized carbons (Fsp3) is 0.375. The lowest BCUT2D eigenvalue weighted by Gasteiger charge is -2.17. The maximum absolute atomic E-state index is 12.0. The zero-order valence-corrected chi connectivity index (χ0v) is 12.0. The summed E-state index contributed by atoms with van der Waals surface area (Å²) in [6, 6.07) is 7.28. The molecule has 1 fully saturated rings. The molecule has 0 spiro atoms. The van der Waals surface area contributed by atoms with Gasteiger partial charge in [0.15, 0.2) is 0 Å². The Balaban J connectivity index is 2.02. The Morgan fingerprint density at radius 3 is 2.81 bits per heavy atom. The Labute approximate surface area is 124 Å². The average molecular weight is 286 g/mol. The summed E-state index contributed by atoms with van der Waals surface area (Å²) < 4.78 is 5.37. The fourth-order valence-electron chi connectivity index (χ4n) is 2.30. The molecule has 2 rings (SSSR count). The fourth-order valence-corrected chi connectivity index (χ4v) is 2.30. The lowest BCUT2D eigenvalue weighted by atomic mass is 10.1. The van der Waals surface area contributed by atoms with Crippen LogP contribution in [0.15, 0.2) is 24.3 Å². The number of ether oxygens (including phenoxy) is 1. The van der Waals surface area contributed by atoms with Crippen molar-refractivity contribution in [3.8, 4) is 18.1 Å². The smallest absolute Gasteiger partial charge is 0.227 e. The minimum Gasteiger partial charge on any atom is -0.494 e. The van der Waals surface area contributed by atoms with Gasteiger partial charge < -0.3 is 15.0 Å². The van der Waals surface area contributed by atoms with E-state index in [-0.39, 0.29) is 30.7 Å². The SMILES string of the molecule is C#CCNC(=O)[C@@H]1CC(=O)N(c2ccc(OCC)cc2)C1. The van der Waals surface area contributed by atoms with Crippen LogP contribution >= 0.6 is 0 Å². The Hall–Kier alpha value is -2.48. The number of carbonyl (C=O) groups is 2. The van der Waals surface area contributed by atoms with Crippen molar-refractivity contribution in [2.45, 2.75) is 13.3 Å². The van der Waals surface area contributed by atoms with Crippen LogP contribution in [0.5, 0.6) is 5.75 Å². The molecule has 5 heteroatoms. The zero-order chi connectivity index (χ0) is 15.2. The third-order valence-electron chi connectivity index (χ3n) is 3.32. The molecule has 110 valence electrons. The third kappa shape index (κ3) is 3.54. The Kier molecular flexibility index (Phi) is 4.83. The van der Waals surface area contributed by atoms with E-state index in [9.17, 15) is 9.59 Å². The van der Waals surface area contributed by atoms with Gasteiger partial charge in [0, 0.05) is 18.7 Å². The molecule has 0 aliphatic carbocycles. The van der Waals surface area contributed by atoms with Crippen LogP contribution in [0.1, 0.15) is 13.3 Å². The van der Waals surface area contributed by atoms with Crippen LogP contribution in [0.3, 0.4) is 0 Å². The van der Waals surface area contributed by atoms with Crippen LogP contribution < -0.4 is 15.0 Å². The number of carbonyl (C=O) groups excluding carboxylic acids is 2. The van der Waals surface area contributed by atoms with Gasteiger partial charge in [0.2, 0.25) is 11.8 Å². The molecule has 0 saturated carbocycles. The second-order valence-electron chi connectivity index (χ2n) is 4.75. The highest BCUT2D eigenvalue weighted by molar-refractivity contribution is 6.00. The molecule has 0 unspecified atom stereocenters. The summed E-state index contributed by atoms with van der Waals surface area (Å²) in [6.07, 6.45) is 5.32. The van der Waals surface area contributed by atoms with Crippen LogP contribution in [0.2, 0.25) is 0 Å². The molecule has 1 aliphatic rings. The van der Waals surface area contributed by atoms with Gasteiger partial charge in [-0.15, -0.1) is 6.42 Å². The first-order valence-electron chi connectivity index (χ1n) is 6.90. The average Bonchev–Trinajstić information content (AvgIpc) is 2.88. The van der Waals surface area contributed by atoms with Crippen molar-refractivity contribution < 1.29 is 14.3 Å². The van der Waals surface area contributed by atoms with Crippen LogP contribution in [0.4, 0.5) is 5.69 Å². The van der Waals surface area contributed by atoms with Crippen molar-refractivity contribution in [3.63, 3.8) is 0 Å². The summed E-state index contributed by atoms with van der Waals surface area (Å²) in [7, 11) is 0. The largest absolute Gasteiger partial charge is 0.494 e. The number of hydrogen-bond donors (Lipinski definition) is 1. The number of nitrogens with zero attached hydrogens (tertiary/aromatic N) is 1. The van der Waals surface area contributed by atoms with Crippen molar-refractivity contribution in [2.75, 3.05) is 24.6 Å². The molecule has 1 atom stereocenters. The molecule has 1 N–H and O–H groups in total. The standard InChI is InChI=1S/C16H18N2O3/c1-3-9-17-16(20)12-10-15(19)18(11-12)13-5-7-14(8-6-13)21-4-2/h1,5-8,12H,4,9-11H2,2H3,(H,17,20)/t12-/m1/s1. The van der Waals surface area contributed by atoms with E-state index < -0.39 is 0 Å². The van der Waals surface area contributed by atoms with E-state index in [0.29, 0.717) is 13.2 Å². The summed E-state index contributed by atoms with van der Waals surface area (Å²) in [5.41, 5.74) is 0.774. The van der Waals surface area contributed by atoms with Gasteiger partial charge in [-0.25, -0.2) is 0 Å². The van der Waals surface area contributed by atoms with Gasteiger partial charge in [-0.3, -0.25) is 9.59 Å². The number of benzene rings is 1. The summed E-state index contributed by atoms with van der Waals surface area (Å²) in [4.78, 5) is 25.5. The topological polar surface area (TPSA) is 58.6 Å². The molecule has 0 aromatic heterocycles. The van der Waals surface area contributed by atoms with E-state index in [1.165, 1.54) is 0 Å². The Bertz CT molecular complexity index is 560. The minimum absolute atomic E-state index is 0.0555. The van der Waals surface area contributed by atoms with E-state index >= 15 is 0 Å². The predicted molar refractivity (Wildman–Crippen MR) is 79.9 cm³/mol. The van der Waals surface area contributed by atoms with Gasteiger partial charge >= 0.3 is 0 Å². The molecular weight excluding hydrogens is 268 g/mol. The van der Waals surface area contributed by atoms with E-state index in [4.69, 9.17) is 11.2 Å². The Morgan fingerprint density at radius 1 is 1.48 bits per heavy atom. The maximum atomic E-state index is 12.0. The normalized spacial score (nSPS) is 17.4. The van der Waals surface area contributed by atoms with Crippen molar-refractivity contribution in [3.05, 3.63) is 24.3 Å². The molecule has 1 aliphatic heterocycles. The highest BCUT2D eigenvalue weighted by Crippen LogP contribution is 2.26. The van der Waals surface area contributed by atoms with E-state index in [0.717, 1.165) is 11.4 Å². The lowest BCUT2D eigenvalue weighted by molar-refractivity contribution is -0.126.